The number of carbonyl (C=O) groups is 2. The molecule has 142 valence electrons. The van der Waals surface area contributed by atoms with Crippen LogP contribution >= 0.6 is 11.3 Å². The number of hydrogen-bond acceptors (Lipinski definition) is 8. The Morgan fingerprint density at radius 2 is 2.22 bits per heavy atom. The molecule has 1 aliphatic heterocycles. The normalized spacial score (nSPS) is 17.0. The van der Waals surface area contributed by atoms with E-state index in [4.69, 9.17) is 4.52 Å². The van der Waals surface area contributed by atoms with Crippen molar-refractivity contribution in [2.75, 3.05) is 11.9 Å². The van der Waals surface area contributed by atoms with Gasteiger partial charge in [-0.15, -0.1) is 10.2 Å². The Balaban J connectivity index is 1.37. The lowest BCUT2D eigenvalue weighted by Gasteiger charge is -2.23. The van der Waals surface area contributed by atoms with E-state index in [0.717, 1.165) is 22.2 Å². The molecule has 1 saturated heterocycles. The summed E-state index contributed by atoms with van der Waals surface area (Å²) in [5.41, 5.74) is 0. The molecule has 10 nitrogen and oxygen atoms in total. The first-order valence-electron chi connectivity index (χ1n) is 8.72. The summed E-state index contributed by atoms with van der Waals surface area (Å²) in [6, 6.07) is 1.17. The van der Waals surface area contributed by atoms with Crippen molar-refractivity contribution in [1.29, 1.82) is 0 Å². The quantitative estimate of drug-likeness (QED) is 0.700. The minimum Gasteiger partial charge on any atom is -0.360 e. The number of hydrogen-bond donors (Lipinski definition) is 1. The first-order chi connectivity index (χ1) is 13.0. The summed E-state index contributed by atoms with van der Waals surface area (Å²) < 4.78 is 6.63. The molecule has 1 unspecified atom stereocenters. The summed E-state index contributed by atoms with van der Waals surface area (Å²) in [5.74, 6) is 1.42. The van der Waals surface area contributed by atoms with Crippen LogP contribution in [-0.2, 0) is 16.0 Å². The zero-order valence-corrected chi connectivity index (χ0v) is 15.8. The van der Waals surface area contributed by atoms with Crippen LogP contribution in [0.5, 0.6) is 0 Å². The van der Waals surface area contributed by atoms with Gasteiger partial charge in [-0.2, -0.15) is 9.61 Å². The second-order valence-corrected chi connectivity index (χ2v) is 7.54. The van der Waals surface area contributed by atoms with E-state index in [1.54, 1.807) is 22.4 Å². The monoisotopic (exact) mass is 389 g/mol. The van der Waals surface area contributed by atoms with Gasteiger partial charge in [0.1, 0.15) is 16.8 Å². The average molecular weight is 389 g/mol. The number of aryl methyl sites for hydroxylation is 3. The fourth-order valence-electron chi connectivity index (χ4n) is 3.19. The molecule has 3 aromatic rings. The highest BCUT2D eigenvalue weighted by Gasteiger charge is 2.34. The van der Waals surface area contributed by atoms with E-state index >= 15 is 0 Å². The molecular weight excluding hydrogens is 370 g/mol. The molecule has 0 spiro atoms. The highest BCUT2D eigenvalue weighted by atomic mass is 32.1. The van der Waals surface area contributed by atoms with Crippen LogP contribution < -0.4 is 5.32 Å². The van der Waals surface area contributed by atoms with E-state index in [1.165, 1.54) is 11.3 Å². The van der Waals surface area contributed by atoms with Crippen LogP contribution in [0.4, 0.5) is 5.82 Å². The Bertz CT molecular complexity index is 991. The van der Waals surface area contributed by atoms with Crippen LogP contribution in [0.15, 0.2) is 10.6 Å². The largest absolute Gasteiger partial charge is 0.360 e. The van der Waals surface area contributed by atoms with Gasteiger partial charge in [0.2, 0.25) is 16.8 Å². The van der Waals surface area contributed by atoms with E-state index in [-0.39, 0.29) is 11.8 Å². The number of fused-ring (bicyclic) bond motifs is 1. The number of amides is 2. The average Bonchev–Trinajstić information content (AvgIpc) is 3.39. The summed E-state index contributed by atoms with van der Waals surface area (Å²) in [7, 11) is 0. The zero-order chi connectivity index (χ0) is 19.0. The van der Waals surface area contributed by atoms with E-state index in [2.05, 4.69) is 25.8 Å². The van der Waals surface area contributed by atoms with E-state index in [1.807, 2.05) is 6.92 Å². The molecule has 0 radical (unpaired) electrons. The maximum Gasteiger partial charge on any atom is 0.248 e. The lowest BCUT2D eigenvalue weighted by atomic mass is 10.2. The number of likely N-dealkylation sites (tertiary alicyclic amines) is 1. The molecule has 11 heteroatoms. The number of anilines is 1. The van der Waals surface area contributed by atoms with Crippen LogP contribution in [-0.4, -0.2) is 54.3 Å². The number of nitrogens with one attached hydrogen (secondary N) is 1. The highest BCUT2D eigenvalue weighted by Crippen LogP contribution is 2.22. The fourth-order valence-corrected chi connectivity index (χ4v) is 4.06. The van der Waals surface area contributed by atoms with Gasteiger partial charge in [-0.25, -0.2) is 0 Å². The summed E-state index contributed by atoms with van der Waals surface area (Å²) in [5, 5.41) is 19.7. The van der Waals surface area contributed by atoms with E-state index in [9.17, 15) is 9.59 Å². The third-order valence-electron chi connectivity index (χ3n) is 4.50. The molecule has 1 atom stereocenters. The van der Waals surface area contributed by atoms with Gasteiger partial charge in [-0.3, -0.25) is 9.59 Å². The van der Waals surface area contributed by atoms with Crippen molar-refractivity contribution in [2.24, 2.45) is 0 Å². The van der Waals surface area contributed by atoms with Gasteiger partial charge in [-0.05, 0) is 26.7 Å². The summed E-state index contributed by atoms with van der Waals surface area (Å²) in [6.45, 7) is 4.17. The van der Waals surface area contributed by atoms with Gasteiger partial charge in [0.05, 0.1) is 0 Å². The Morgan fingerprint density at radius 1 is 1.37 bits per heavy atom. The number of rotatable bonds is 5. The van der Waals surface area contributed by atoms with Crippen LogP contribution in [0.2, 0.25) is 0 Å². The summed E-state index contributed by atoms with van der Waals surface area (Å²) >= 11 is 1.42. The summed E-state index contributed by atoms with van der Waals surface area (Å²) in [4.78, 5) is 27.5. The van der Waals surface area contributed by atoms with Crippen LogP contribution in [0, 0.1) is 13.8 Å². The van der Waals surface area contributed by atoms with Crippen molar-refractivity contribution in [2.45, 2.75) is 45.6 Å². The minimum absolute atomic E-state index is 0.0494. The molecule has 3 aromatic heterocycles. The molecule has 0 bridgehead atoms. The predicted molar refractivity (Wildman–Crippen MR) is 96.3 cm³/mol. The smallest absolute Gasteiger partial charge is 0.248 e. The molecule has 0 saturated carbocycles. The molecule has 0 aliphatic carbocycles. The topological polar surface area (TPSA) is 119 Å². The second kappa shape index (κ2) is 7.06. The predicted octanol–water partition coefficient (Wildman–Crippen LogP) is 1.35. The molecule has 0 aromatic carbocycles. The number of nitrogens with zero attached hydrogens (tertiary/aromatic N) is 6. The zero-order valence-electron chi connectivity index (χ0n) is 15.0. The first kappa shape index (κ1) is 17.6. The van der Waals surface area contributed by atoms with Gasteiger partial charge in [-0.1, -0.05) is 16.5 Å². The first-order valence-corrected chi connectivity index (χ1v) is 9.54. The van der Waals surface area contributed by atoms with Gasteiger partial charge in [0.15, 0.2) is 11.6 Å². The SMILES string of the molecule is Cc1cc(NC(=O)C2CCCN2C(=O)CCc2nn3c(C)nnc3s2)no1. The molecule has 1 fully saturated rings. The summed E-state index contributed by atoms with van der Waals surface area (Å²) in [6.07, 6.45) is 2.26. The van der Waals surface area contributed by atoms with Crippen molar-refractivity contribution in [3.05, 3.63) is 22.7 Å². The van der Waals surface area contributed by atoms with Crippen molar-refractivity contribution < 1.29 is 14.1 Å². The van der Waals surface area contributed by atoms with Gasteiger partial charge in [0, 0.05) is 25.5 Å². The van der Waals surface area contributed by atoms with Crippen molar-refractivity contribution in [3.8, 4) is 0 Å². The van der Waals surface area contributed by atoms with Crippen molar-refractivity contribution >= 4 is 33.9 Å². The van der Waals surface area contributed by atoms with Gasteiger partial charge >= 0.3 is 0 Å². The molecular formula is C16H19N7O3S. The third-order valence-corrected chi connectivity index (χ3v) is 5.45. The standard InChI is InChI=1S/C16H19N7O3S/c1-9-8-12(21-26-9)17-15(25)11-4-3-7-22(11)14(24)6-5-13-20-23-10(2)18-19-16(23)27-13/h8,11H,3-7H2,1-2H3,(H,17,21,25). The lowest BCUT2D eigenvalue weighted by molar-refractivity contribution is -0.136. The fraction of sp³-hybridized carbons (Fsp3) is 0.500. The molecule has 4 rings (SSSR count). The van der Waals surface area contributed by atoms with Crippen LogP contribution in [0.1, 0.15) is 35.9 Å². The van der Waals surface area contributed by atoms with Gasteiger partial charge in [0.25, 0.3) is 0 Å². The molecule has 1 N–H and O–H groups in total. The number of aromatic nitrogens is 5. The maximum absolute atomic E-state index is 12.7. The van der Waals surface area contributed by atoms with Crippen LogP contribution in [0.25, 0.3) is 4.96 Å². The van der Waals surface area contributed by atoms with Crippen molar-refractivity contribution in [3.63, 3.8) is 0 Å². The second-order valence-electron chi connectivity index (χ2n) is 6.49. The van der Waals surface area contributed by atoms with Crippen molar-refractivity contribution in [1.82, 2.24) is 29.9 Å². The lowest BCUT2D eigenvalue weighted by Crippen LogP contribution is -2.43. The van der Waals surface area contributed by atoms with E-state index in [0.29, 0.717) is 37.4 Å². The Labute approximate surface area is 158 Å². The maximum atomic E-state index is 12.7. The number of carbonyl (C=O) groups excluding carboxylic acids is 2. The Hall–Kier alpha value is -2.82. The van der Waals surface area contributed by atoms with Gasteiger partial charge < -0.3 is 14.7 Å². The molecule has 4 heterocycles. The molecule has 2 amide bonds. The Morgan fingerprint density at radius 3 is 2.96 bits per heavy atom. The van der Waals surface area contributed by atoms with E-state index < -0.39 is 6.04 Å². The third kappa shape index (κ3) is 3.54. The highest BCUT2D eigenvalue weighted by molar-refractivity contribution is 7.16. The minimum atomic E-state index is -0.477. The molecule has 1 aliphatic rings. The molecule has 27 heavy (non-hydrogen) atoms. The van der Waals surface area contributed by atoms with Crippen LogP contribution in [0.3, 0.4) is 0 Å². The Kier molecular flexibility index (Phi) is 4.60.